The molecule has 0 amide bonds. The van der Waals surface area contributed by atoms with Crippen LogP contribution in [0.25, 0.3) is 0 Å². The third-order valence-electron chi connectivity index (χ3n) is 2.68. The molecule has 0 bridgehead atoms. The Labute approximate surface area is 101 Å². The number of benzene rings is 1. The van der Waals surface area contributed by atoms with E-state index in [1.807, 2.05) is 24.3 Å². The van der Waals surface area contributed by atoms with Gasteiger partial charge in [0.1, 0.15) is 11.6 Å². The van der Waals surface area contributed by atoms with Crippen molar-refractivity contribution in [2.75, 3.05) is 12.8 Å². The van der Waals surface area contributed by atoms with Crippen molar-refractivity contribution in [3.63, 3.8) is 0 Å². The summed E-state index contributed by atoms with van der Waals surface area (Å²) in [5, 5.41) is 0. The van der Waals surface area contributed by atoms with E-state index < -0.39 is 0 Å². The number of ether oxygens (including phenoxy) is 1. The second-order valence-corrected chi connectivity index (χ2v) is 4.08. The molecule has 3 nitrogen and oxygen atoms in total. The zero-order valence-electron chi connectivity index (χ0n) is 10.1. The second kappa shape index (κ2) is 4.87. The summed E-state index contributed by atoms with van der Waals surface area (Å²) in [5.41, 5.74) is 9.20. The quantitative estimate of drug-likeness (QED) is 0.878. The van der Waals surface area contributed by atoms with Gasteiger partial charge in [-0.2, -0.15) is 0 Å². The number of rotatable bonds is 3. The molecule has 0 atom stereocenters. The highest BCUT2D eigenvalue weighted by Crippen LogP contribution is 2.23. The van der Waals surface area contributed by atoms with Gasteiger partial charge < -0.3 is 10.5 Å². The number of pyridine rings is 1. The molecular formula is C14H16N2O. The number of nitrogens with zero attached hydrogens (tertiary/aromatic N) is 1. The average molecular weight is 228 g/mol. The molecule has 0 saturated carbocycles. The molecule has 17 heavy (non-hydrogen) atoms. The second-order valence-electron chi connectivity index (χ2n) is 4.08. The summed E-state index contributed by atoms with van der Waals surface area (Å²) in [6.07, 6.45) is 2.53. The summed E-state index contributed by atoms with van der Waals surface area (Å²) in [6, 6.07) is 10.0. The summed E-state index contributed by atoms with van der Waals surface area (Å²) in [6.45, 7) is 2.07. The molecule has 3 heteroatoms. The summed E-state index contributed by atoms with van der Waals surface area (Å²) in [7, 11) is 1.69. The molecule has 2 rings (SSSR count). The summed E-state index contributed by atoms with van der Waals surface area (Å²) < 4.78 is 5.36. The maximum Gasteiger partial charge on any atom is 0.123 e. The van der Waals surface area contributed by atoms with Gasteiger partial charge in [-0.15, -0.1) is 0 Å². The number of aryl methyl sites for hydroxylation is 1. The van der Waals surface area contributed by atoms with E-state index in [1.54, 1.807) is 13.3 Å². The number of hydrogen-bond acceptors (Lipinski definition) is 3. The van der Waals surface area contributed by atoms with E-state index in [1.165, 1.54) is 5.56 Å². The van der Waals surface area contributed by atoms with Gasteiger partial charge in [0, 0.05) is 12.6 Å². The Morgan fingerprint density at radius 1 is 1.24 bits per heavy atom. The lowest BCUT2D eigenvalue weighted by molar-refractivity contribution is 0.410. The highest BCUT2D eigenvalue weighted by atomic mass is 16.5. The molecule has 0 saturated heterocycles. The Bertz CT molecular complexity index is 523. The Morgan fingerprint density at radius 2 is 2.06 bits per heavy atom. The maximum atomic E-state index is 5.67. The first-order valence-electron chi connectivity index (χ1n) is 5.53. The highest BCUT2D eigenvalue weighted by molar-refractivity contribution is 5.42. The molecule has 1 aromatic carbocycles. The molecule has 2 N–H and O–H groups in total. The molecule has 2 aromatic rings. The SMILES string of the molecule is COc1ccc(C)cc1Cc1ccnc(N)c1. The van der Waals surface area contributed by atoms with Crippen LogP contribution in [0.1, 0.15) is 16.7 Å². The van der Waals surface area contributed by atoms with Crippen LogP contribution < -0.4 is 10.5 Å². The number of methoxy groups -OCH3 is 1. The molecule has 0 spiro atoms. The van der Waals surface area contributed by atoms with Crippen LogP contribution in [-0.4, -0.2) is 12.1 Å². The molecular weight excluding hydrogens is 212 g/mol. The number of nitrogens with two attached hydrogens (primary N) is 1. The third-order valence-corrected chi connectivity index (χ3v) is 2.68. The van der Waals surface area contributed by atoms with E-state index in [2.05, 4.69) is 18.0 Å². The van der Waals surface area contributed by atoms with Gasteiger partial charge in [-0.1, -0.05) is 17.7 Å². The van der Waals surface area contributed by atoms with Crippen molar-refractivity contribution in [1.29, 1.82) is 0 Å². The smallest absolute Gasteiger partial charge is 0.123 e. The van der Waals surface area contributed by atoms with E-state index in [-0.39, 0.29) is 0 Å². The van der Waals surface area contributed by atoms with E-state index in [0.29, 0.717) is 5.82 Å². The topological polar surface area (TPSA) is 48.1 Å². The Hall–Kier alpha value is -2.03. The maximum absolute atomic E-state index is 5.67. The number of hydrogen-bond donors (Lipinski definition) is 1. The lowest BCUT2D eigenvalue weighted by Crippen LogP contribution is -1.96. The number of nitrogen functional groups attached to an aromatic ring is 1. The molecule has 0 aliphatic rings. The fourth-order valence-electron chi connectivity index (χ4n) is 1.87. The van der Waals surface area contributed by atoms with E-state index in [4.69, 9.17) is 10.5 Å². The molecule has 0 aliphatic heterocycles. The van der Waals surface area contributed by atoms with Crippen LogP contribution in [0.3, 0.4) is 0 Å². The molecule has 0 aliphatic carbocycles. The van der Waals surface area contributed by atoms with Crippen LogP contribution in [0.15, 0.2) is 36.5 Å². The molecule has 0 radical (unpaired) electrons. The van der Waals surface area contributed by atoms with Crippen molar-refractivity contribution in [2.24, 2.45) is 0 Å². The van der Waals surface area contributed by atoms with Crippen LogP contribution in [-0.2, 0) is 6.42 Å². The molecule has 88 valence electrons. The minimum atomic E-state index is 0.550. The van der Waals surface area contributed by atoms with E-state index >= 15 is 0 Å². The van der Waals surface area contributed by atoms with Crippen molar-refractivity contribution < 1.29 is 4.74 Å². The number of anilines is 1. The van der Waals surface area contributed by atoms with Crippen molar-refractivity contribution in [3.05, 3.63) is 53.2 Å². The lowest BCUT2D eigenvalue weighted by Gasteiger charge is -2.09. The van der Waals surface area contributed by atoms with Crippen LogP contribution in [0.2, 0.25) is 0 Å². The Morgan fingerprint density at radius 3 is 2.76 bits per heavy atom. The van der Waals surface area contributed by atoms with Gasteiger partial charge in [-0.05, 0) is 36.2 Å². The van der Waals surface area contributed by atoms with Crippen LogP contribution in [0, 0.1) is 6.92 Å². The minimum absolute atomic E-state index is 0.550. The predicted molar refractivity (Wildman–Crippen MR) is 69.2 cm³/mol. The van der Waals surface area contributed by atoms with Gasteiger partial charge >= 0.3 is 0 Å². The minimum Gasteiger partial charge on any atom is -0.496 e. The third kappa shape index (κ3) is 2.75. The monoisotopic (exact) mass is 228 g/mol. The van der Waals surface area contributed by atoms with Gasteiger partial charge in [0.25, 0.3) is 0 Å². The number of aromatic nitrogens is 1. The van der Waals surface area contributed by atoms with Crippen molar-refractivity contribution in [2.45, 2.75) is 13.3 Å². The van der Waals surface area contributed by atoms with Gasteiger partial charge in [-0.3, -0.25) is 0 Å². The van der Waals surface area contributed by atoms with Gasteiger partial charge in [-0.25, -0.2) is 4.98 Å². The normalized spacial score (nSPS) is 10.2. The molecule has 1 aromatic heterocycles. The zero-order valence-corrected chi connectivity index (χ0v) is 10.1. The van der Waals surface area contributed by atoms with Crippen LogP contribution >= 0.6 is 0 Å². The van der Waals surface area contributed by atoms with E-state index in [9.17, 15) is 0 Å². The van der Waals surface area contributed by atoms with Gasteiger partial charge in [0.2, 0.25) is 0 Å². The van der Waals surface area contributed by atoms with E-state index in [0.717, 1.165) is 23.3 Å². The molecule has 1 heterocycles. The van der Waals surface area contributed by atoms with Crippen LogP contribution in [0.5, 0.6) is 5.75 Å². The van der Waals surface area contributed by atoms with Crippen molar-refractivity contribution in [3.8, 4) is 5.75 Å². The largest absolute Gasteiger partial charge is 0.496 e. The summed E-state index contributed by atoms with van der Waals surface area (Å²) in [4.78, 5) is 3.99. The average Bonchev–Trinajstić information content (AvgIpc) is 2.29. The first kappa shape index (κ1) is 11.5. The summed E-state index contributed by atoms with van der Waals surface area (Å²) in [5.74, 6) is 1.46. The predicted octanol–water partition coefficient (Wildman–Crippen LogP) is 2.57. The fraction of sp³-hybridized carbons (Fsp3) is 0.214. The van der Waals surface area contributed by atoms with Crippen molar-refractivity contribution >= 4 is 5.82 Å². The van der Waals surface area contributed by atoms with Crippen molar-refractivity contribution in [1.82, 2.24) is 4.98 Å². The first-order valence-corrected chi connectivity index (χ1v) is 5.53. The zero-order chi connectivity index (χ0) is 12.3. The summed E-state index contributed by atoms with van der Waals surface area (Å²) >= 11 is 0. The van der Waals surface area contributed by atoms with Gasteiger partial charge in [0.15, 0.2) is 0 Å². The highest BCUT2D eigenvalue weighted by Gasteiger charge is 2.04. The Kier molecular flexibility index (Phi) is 3.28. The lowest BCUT2D eigenvalue weighted by atomic mass is 10.0. The standard InChI is InChI=1S/C14H16N2O/c1-10-3-4-13(17-2)12(7-10)8-11-5-6-16-14(15)9-11/h3-7,9H,8H2,1-2H3,(H2,15,16). The molecule has 0 fully saturated rings. The van der Waals surface area contributed by atoms with Gasteiger partial charge in [0.05, 0.1) is 7.11 Å². The Balaban J connectivity index is 2.32. The molecule has 0 unspecified atom stereocenters. The fourth-order valence-corrected chi connectivity index (χ4v) is 1.87. The first-order chi connectivity index (χ1) is 8.19. The van der Waals surface area contributed by atoms with Crippen LogP contribution in [0.4, 0.5) is 5.82 Å².